The van der Waals surface area contributed by atoms with Crippen LogP contribution in [0.1, 0.15) is 10.4 Å². The summed E-state index contributed by atoms with van der Waals surface area (Å²) in [5.41, 5.74) is 5.84. The molecule has 70 valence electrons. The summed E-state index contributed by atoms with van der Waals surface area (Å²) in [7, 11) is 0. The number of carbonyl (C=O) groups is 1. The van der Waals surface area contributed by atoms with Gasteiger partial charge in [-0.15, -0.1) is 0 Å². The van der Waals surface area contributed by atoms with Crippen molar-refractivity contribution in [3.8, 4) is 0 Å². The second-order valence-electron chi connectivity index (χ2n) is 2.94. The number of nitrogens with zero attached hydrogens (tertiary/aromatic N) is 1. The number of pyridine rings is 1. The maximum atomic E-state index is 10.7. The Morgan fingerprint density at radius 3 is 2.86 bits per heavy atom. The van der Waals surface area contributed by atoms with Crippen molar-refractivity contribution in [2.75, 3.05) is 5.73 Å². The van der Waals surface area contributed by atoms with Crippen LogP contribution in [0.5, 0.6) is 0 Å². The Bertz CT molecular complexity index is 508. The van der Waals surface area contributed by atoms with Crippen LogP contribution < -0.4 is 5.73 Å². The summed E-state index contributed by atoms with van der Waals surface area (Å²) in [6.45, 7) is 0. The van der Waals surface area contributed by atoms with E-state index < -0.39 is 5.97 Å². The molecule has 3 N–H and O–H groups in total. The van der Waals surface area contributed by atoms with Crippen molar-refractivity contribution in [1.29, 1.82) is 0 Å². The van der Waals surface area contributed by atoms with Crippen LogP contribution in [0, 0.1) is 0 Å². The molecular formula is C10H8N2O2. The van der Waals surface area contributed by atoms with Crippen LogP contribution in [0.4, 0.5) is 5.82 Å². The second-order valence-corrected chi connectivity index (χ2v) is 2.94. The third-order valence-electron chi connectivity index (χ3n) is 2.04. The van der Waals surface area contributed by atoms with Gasteiger partial charge in [-0.1, -0.05) is 6.07 Å². The van der Waals surface area contributed by atoms with Gasteiger partial charge < -0.3 is 10.8 Å². The number of fused-ring (bicyclic) bond motifs is 1. The van der Waals surface area contributed by atoms with Gasteiger partial charge in [0.25, 0.3) is 0 Å². The van der Waals surface area contributed by atoms with Crippen molar-refractivity contribution in [3.63, 3.8) is 0 Å². The van der Waals surface area contributed by atoms with Crippen molar-refractivity contribution >= 4 is 22.6 Å². The Morgan fingerprint density at radius 1 is 1.36 bits per heavy atom. The Kier molecular flexibility index (Phi) is 1.81. The highest BCUT2D eigenvalue weighted by Crippen LogP contribution is 2.19. The largest absolute Gasteiger partial charge is 0.478 e. The van der Waals surface area contributed by atoms with E-state index in [1.54, 1.807) is 24.4 Å². The first-order valence-corrected chi connectivity index (χ1v) is 4.06. The lowest BCUT2D eigenvalue weighted by Gasteiger charge is -2.01. The van der Waals surface area contributed by atoms with Crippen LogP contribution >= 0.6 is 0 Å². The number of nitrogen functional groups attached to an aromatic ring is 1. The predicted octanol–water partition coefficient (Wildman–Crippen LogP) is 1.52. The molecule has 0 spiro atoms. The first-order valence-electron chi connectivity index (χ1n) is 4.06. The quantitative estimate of drug-likeness (QED) is 0.711. The lowest BCUT2D eigenvalue weighted by atomic mass is 10.1. The second kappa shape index (κ2) is 2.99. The van der Waals surface area contributed by atoms with E-state index in [1.165, 1.54) is 6.07 Å². The van der Waals surface area contributed by atoms with Gasteiger partial charge in [-0.05, 0) is 23.6 Å². The van der Waals surface area contributed by atoms with Gasteiger partial charge in [0.2, 0.25) is 0 Å². The minimum absolute atomic E-state index is 0.220. The van der Waals surface area contributed by atoms with Gasteiger partial charge in [0.1, 0.15) is 5.82 Å². The van der Waals surface area contributed by atoms with Crippen LogP contribution in [-0.4, -0.2) is 16.1 Å². The molecular weight excluding hydrogens is 180 g/mol. The predicted molar refractivity (Wildman–Crippen MR) is 53.1 cm³/mol. The SMILES string of the molecule is Nc1nccc2ccc(C(=O)O)cc12. The zero-order chi connectivity index (χ0) is 10.1. The van der Waals surface area contributed by atoms with Crippen LogP contribution in [0.2, 0.25) is 0 Å². The number of anilines is 1. The summed E-state index contributed by atoms with van der Waals surface area (Å²) in [6, 6.07) is 6.58. The highest BCUT2D eigenvalue weighted by Gasteiger charge is 2.05. The summed E-state index contributed by atoms with van der Waals surface area (Å²) in [4.78, 5) is 14.6. The van der Waals surface area contributed by atoms with Crippen LogP contribution in [-0.2, 0) is 0 Å². The zero-order valence-electron chi connectivity index (χ0n) is 7.27. The van der Waals surface area contributed by atoms with Crippen molar-refractivity contribution < 1.29 is 9.90 Å². The molecule has 0 saturated heterocycles. The number of aromatic carboxylic acids is 1. The molecule has 1 heterocycles. The first kappa shape index (κ1) is 8.50. The zero-order valence-corrected chi connectivity index (χ0v) is 7.27. The van der Waals surface area contributed by atoms with Gasteiger partial charge >= 0.3 is 5.97 Å². The molecule has 1 aromatic heterocycles. The monoisotopic (exact) mass is 188 g/mol. The molecule has 1 aromatic carbocycles. The Morgan fingerprint density at radius 2 is 2.14 bits per heavy atom. The van der Waals surface area contributed by atoms with Gasteiger partial charge in [-0.3, -0.25) is 0 Å². The Balaban J connectivity index is 2.76. The fourth-order valence-corrected chi connectivity index (χ4v) is 1.32. The maximum Gasteiger partial charge on any atom is 0.335 e. The van der Waals surface area contributed by atoms with Crippen molar-refractivity contribution in [2.45, 2.75) is 0 Å². The van der Waals surface area contributed by atoms with E-state index in [2.05, 4.69) is 4.98 Å². The van der Waals surface area contributed by atoms with Crippen molar-refractivity contribution in [2.24, 2.45) is 0 Å². The molecule has 0 fully saturated rings. The molecule has 2 aromatic rings. The molecule has 0 saturated carbocycles. The average Bonchev–Trinajstić information content (AvgIpc) is 2.18. The van der Waals surface area contributed by atoms with Gasteiger partial charge in [0.05, 0.1) is 5.56 Å². The van der Waals surface area contributed by atoms with Crippen LogP contribution in [0.25, 0.3) is 10.8 Å². The van der Waals surface area contributed by atoms with Crippen molar-refractivity contribution in [1.82, 2.24) is 4.98 Å². The van der Waals surface area contributed by atoms with Crippen LogP contribution in [0.3, 0.4) is 0 Å². The maximum absolute atomic E-state index is 10.7. The van der Waals surface area contributed by atoms with E-state index in [9.17, 15) is 4.79 Å². The summed E-state index contributed by atoms with van der Waals surface area (Å²) in [5, 5.41) is 10.3. The van der Waals surface area contributed by atoms with E-state index in [4.69, 9.17) is 10.8 Å². The van der Waals surface area contributed by atoms with Crippen LogP contribution in [0.15, 0.2) is 30.5 Å². The number of carboxylic acids is 1. The fraction of sp³-hybridized carbons (Fsp3) is 0. The van der Waals surface area contributed by atoms with Gasteiger partial charge in [0.15, 0.2) is 0 Å². The van der Waals surface area contributed by atoms with Gasteiger partial charge in [0, 0.05) is 11.6 Å². The van der Waals surface area contributed by atoms with Crippen molar-refractivity contribution in [3.05, 3.63) is 36.0 Å². The van der Waals surface area contributed by atoms with E-state index in [0.29, 0.717) is 11.2 Å². The molecule has 4 nitrogen and oxygen atoms in total. The number of hydrogen-bond donors (Lipinski definition) is 2. The summed E-state index contributed by atoms with van der Waals surface area (Å²) >= 11 is 0. The number of rotatable bonds is 1. The average molecular weight is 188 g/mol. The number of aromatic nitrogens is 1. The van der Waals surface area contributed by atoms with Gasteiger partial charge in [-0.2, -0.15) is 0 Å². The van der Waals surface area contributed by atoms with E-state index in [-0.39, 0.29) is 5.56 Å². The summed E-state index contributed by atoms with van der Waals surface area (Å²) in [6.07, 6.45) is 1.60. The molecule has 4 heteroatoms. The molecule has 14 heavy (non-hydrogen) atoms. The minimum Gasteiger partial charge on any atom is -0.478 e. The molecule has 0 radical (unpaired) electrons. The molecule has 0 aliphatic carbocycles. The van der Waals surface area contributed by atoms with Gasteiger partial charge in [-0.25, -0.2) is 9.78 Å². The Labute approximate surface area is 80.0 Å². The number of benzene rings is 1. The van der Waals surface area contributed by atoms with E-state index in [0.717, 1.165) is 5.39 Å². The first-order chi connectivity index (χ1) is 6.68. The lowest BCUT2D eigenvalue weighted by molar-refractivity contribution is 0.0697. The topological polar surface area (TPSA) is 76.2 Å². The third kappa shape index (κ3) is 1.26. The standard InChI is InChI=1S/C10H8N2O2/c11-9-8-5-7(10(13)14)2-1-6(8)3-4-12-9/h1-5H,(H2,11,12)(H,13,14). The smallest absolute Gasteiger partial charge is 0.335 e. The normalized spacial score (nSPS) is 10.3. The fourth-order valence-electron chi connectivity index (χ4n) is 1.32. The van der Waals surface area contributed by atoms with E-state index >= 15 is 0 Å². The number of nitrogens with two attached hydrogens (primary N) is 1. The minimum atomic E-state index is -0.963. The molecule has 0 aliphatic rings. The Hall–Kier alpha value is -2.10. The highest BCUT2D eigenvalue weighted by atomic mass is 16.4. The lowest BCUT2D eigenvalue weighted by Crippen LogP contribution is -1.97. The molecule has 0 atom stereocenters. The number of carboxylic acid groups (broad SMARTS) is 1. The number of hydrogen-bond acceptors (Lipinski definition) is 3. The highest BCUT2D eigenvalue weighted by molar-refractivity contribution is 5.97. The van der Waals surface area contributed by atoms with E-state index in [1.807, 2.05) is 0 Å². The molecule has 0 amide bonds. The molecule has 2 rings (SSSR count). The third-order valence-corrected chi connectivity index (χ3v) is 2.04. The molecule has 0 bridgehead atoms. The summed E-state index contributed by atoms with van der Waals surface area (Å²) in [5.74, 6) is -0.610. The summed E-state index contributed by atoms with van der Waals surface area (Å²) < 4.78 is 0. The molecule has 0 aliphatic heterocycles. The molecule has 0 unspecified atom stereocenters.